The molecule has 0 saturated carbocycles. The SMILES string of the molecule is CC(C)(CNCc1cccc(N)c1)c1ccc[nH]1. The Bertz CT molecular complexity index is 486. The Morgan fingerprint density at radius 3 is 2.72 bits per heavy atom. The molecule has 96 valence electrons. The molecular weight excluding hydrogens is 222 g/mol. The van der Waals surface area contributed by atoms with Crippen LogP contribution >= 0.6 is 0 Å². The smallest absolute Gasteiger partial charge is 0.0317 e. The van der Waals surface area contributed by atoms with Crippen molar-refractivity contribution < 1.29 is 0 Å². The molecule has 18 heavy (non-hydrogen) atoms. The Labute approximate surface area is 108 Å². The summed E-state index contributed by atoms with van der Waals surface area (Å²) in [5.74, 6) is 0. The number of H-pyrrole nitrogens is 1. The van der Waals surface area contributed by atoms with Gasteiger partial charge < -0.3 is 16.0 Å². The van der Waals surface area contributed by atoms with Crippen molar-refractivity contribution in [3.63, 3.8) is 0 Å². The second-order valence-electron chi connectivity index (χ2n) is 5.32. The van der Waals surface area contributed by atoms with E-state index in [9.17, 15) is 0 Å². The number of benzene rings is 1. The number of hydrogen-bond acceptors (Lipinski definition) is 2. The summed E-state index contributed by atoms with van der Waals surface area (Å²) in [4.78, 5) is 3.28. The lowest BCUT2D eigenvalue weighted by molar-refractivity contribution is 0.459. The molecule has 0 aliphatic rings. The third kappa shape index (κ3) is 3.14. The summed E-state index contributed by atoms with van der Waals surface area (Å²) in [6.07, 6.45) is 1.97. The molecule has 3 nitrogen and oxygen atoms in total. The summed E-state index contributed by atoms with van der Waals surface area (Å²) in [5, 5.41) is 3.48. The normalized spacial score (nSPS) is 11.7. The maximum absolute atomic E-state index is 5.76. The minimum atomic E-state index is 0.101. The van der Waals surface area contributed by atoms with Gasteiger partial charge in [-0.15, -0.1) is 0 Å². The van der Waals surface area contributed by atoms with Crippen molar-refractivity contribution in [2.75, 3.05) is 12.3 Å². The van der Waals surface area contributed by atoms with Gasteiger partial charge in [0.25, 0.3) is 0 Å². The Morgan fingerprint density at radius 1 is 1.22 bits per heavy atom. The zero-order valence-electron chi connectivity index (χ0n) is 11.0. The lowest BCUT2D eigenvalue weighted by atomic mass is 9.89. The van der Waals surface area contributed by atoms with Crippen molar-refractivity contribution in [1.29, 1.82) is 0 Å². The monoisotopic (exact) mass is 243 g/mol. The fraction of sp³-hybridized carbons (Fsp3) is 0.333. The molecule has 0 amide bonds. The molecule has 2 rings (SSSR count). The third-order valence-corrected chi connectivity index (χ3v) is 3.17. The van der Waals surface area contributed by atoms with Gasteiger partial charge in [0.1, 0.15) is 0 Å². The van der Waals surface area contributed by atoms with Crippen molar-refractivity contribution in [1.82, 2.24) is 10.3 Å². The van der Waals surface area contributed by atoms with Crippen LogP contribution in [0.5, 0.6) is 0 Å². The van der Waals surface area contributed by atoms with Crippen molar-refractivity contribution in [2.45, 2.75) is 25.8 Å². The molecule has 0 aliphatic heterocycles. The number of nitrogens with one attached hydrogen (secondary N) is 2. The average Bonchev–Trinajstić information content (AvgIpc) is 2.83. The minimum absolute atomic E-state index is 0.101. The molecular formula is C15H21N3. The number of aromatic amines is 1. The number of aromatic nitrogens is 1. The van der Waals surface area contributed by atoms with Crippen LogP contribution in [0.2, 0.25) is 0 Å². The summed E-state index contributed by atoms with van der Waals surface area (Å²) < 4.78 is 0. The van der Waals surface area contributed by atoms with E-state index in [0.717, 1.165) is 18.8 Å². The van der Waals surface area contributed by atoms with Crippen LogP contribution in [0, 0.1) is 0 Å². The second-order valence-corrected chi connectivity index (χ2v) is 5.32. The Balaban J connectivity index is 1.89. The zero-order valence-corrected chi connectivity index (χ0v) is 11.0. The number of nitrogen functional groups attached to an aromatic ring is 1. The summed E-state index contributed by atoms with van der Waals surface area (Å²) in [6.45, 7) is 6.22. The van der Waals surface area contributed by atoms with Crippen molar-refractivity contribution in [3.05, 3.63) is 53.9 Å². The molecule has 0 aliphatic carbocycles. The van der Waals surface area contributed by atoms with Crippen LogP contribution in [-0.4, -0.2) is 11.5 Å². The molecule has 3 heteroatoms. The average molecular weight is 243 g/mol. The molecule has 1 aromatic heterocycles. The predicted molar refractivity (Wildman–Crippen MR) is 76.4 cm³/mol. The Morgan fingerprint density at radius 2 is 2.06 bits per heavy atom. The minimum Gasteiger partial charge on any atom is -0.399 e. The highest BCUT2D eigenvalue weighted by Crippen LogP contribution is 2.20. The molecule has 0 atom stereocenters. The van der Waals surface area contributed by atoms with Gasteiger partial charge in [-0.05, 0) is 29.8 Å². The first kappa shape index (κ1) is 12.7. The van der Waals surface area contributed by atoms with Gasteiger partial charge >= 0.3 is 0 Å². The summed E-state index contributed by atoms with van der Waals surface area (Å²) in [7, 11) is 0. The molecule has 0 spiro atoms. The predicted octanol–water partition coefficient (Wildman–Crippen LogP) is 2.66. The number of rotatable bonds is 5. The van der Waals surface area contributed by atoms with Gasteiger partial charge in [0.2, 0.25) is 0 Å². The van der Waals surface area contributed by atoms with E-state index < -0.39 is 0 Å². The van der Waals surface area contributed by atoms with Crippen LogP contribution in [-0.2, 0) is 12.0 Å². The second kappa shape index (κ2) is 5.27. The van der Waals surface area contributed by atoms with Gasteiger partial charge in [-0.3, -0.25) is 0 Å². The van der Waals surface area contributed by atoms with Crippen LogP contribution < -0.4 is 11.1 Å². The molecule has 0 saturated heterocycles. The van der Waals surface area contributed by atoms with Crippen LogP contribution in [0.3, 0.4) is 0 Å². The van der Waals surface area contributed by atoms with Crippen LogP contribution in [0.15, 0.2) is 42.6 Å². The van der Waals surface area contributed by atoms with Crippen LogP contribution in [0.25, 0.3) is 0 Å². The fourth-order valence-electron chi connectivity index (χ4n) is 2.07. The number of anilines is 1. The first-order valence-corrected chi connectivity index (χ1v) is 6.27. The first-order chi connectivity index (χ1) is 8.58. The van der Waals surface area contributed by atoms with E-state index in [1.807, 2.05) is 30.5 Å². The Hall–Kier alpha value is -1.74. The quantitative estimate of drug-likeness (QED) is 0.707. The van der Waals surface area contributed by atoms with E-state index in [4.69, 9.17) is 5.73 Å². The molecule has 1 aromatic carbocycles. The highest BCUT2D eigenvalue weighted by molar-refractivity contribution is 5.40. The summed E-state index contributed by atoms with van der Waals surface area (Å²) >= 11 is 0. The third-order valence-electron chi connectivity index (χ3n) is 3.17. The van der Waals surface area contributed by atoms with E-state index in [2.05, 4.69) is 36.3 Å². The van der Waals surface area contributed by atoms with Gasteiger partial charge in [0.15, 0.2) is 0 Å². The largest absolute Gasteiger partial charge is 0.399 e. The number of hydrogen-bond donors (Lipinski definition) is 3. The van der Waals surface area contributed by atoms with Gasteiger partial charge in [-0.1, -0.05) is 26.0 Å². The van der Waals surface area contributed by atoms with E-state index in [0.29, 0.717) is 0 Å². The van der Waals surface area contributed by atoms with Gasteiger partial charge in [-0.25, -0.2) is 0 Å². The highest BCUT2D eigenvalue weighted by Gasteiger charge is 2.20. The van der Waals surface area contributed by atoms with E-state index in [1.54, 1.807) is 0 Å². The van der Waals surface area contributed by atoms with Crippen LogP contribution in [0.4, 0.5) is 5.69 Å². The van der Waals surface area contributed by atoms with E-state index in [-0.39, 0.29) is 5.41 Å². The Kier molecular flexibility index (Phi) is 3.72. The molecule has 1 heterocycles. The first-order valence-electron chi connectivity index (χ1n) is 6.27. The van der Waals surface area contributed by atoms with Crippen molar-refractivity contribution in [3.8, 4) is 0 Å². The van der Waals surface area contributed by atoms with Crippen LogP contribution in [0.1, 0.15) is 25.1 Å². The molecule has 0 fully saturated rings. The topological polar surface area (TPSA) is 53.8 Å². The summed E-state index contributed by atoms with van der Waals surface area (Å²) in [5.41, 5.74) is 9.15. The molecule has 4 N–H and O–H groups in total. The maximum atomic E-state index is 5.76. The lowest BCUT2D eigenvalue weighted by Gasteiger charge is -2.24. The number of nitrogens with two attached hydrogens (primary N) is 1. The zero-order chi connectivity index (χ0) is 13.0. The molecule has 0 radical (unpaired) electrons. The van der Waals surface area contributed by atoms with Gasteiger partial charge in [-0.2, -0.15) is 0 Å². The van der Waals surface area contributed by atoms with Crippen molar-refractivity contribution in [2.24, 2.45) is 0 Å². The molecule has 2 aromatic rings. The fourth-order valence-corrected chi connectivity index (χ4v) is 2.07. The highest BCUT2D eigenvalue weighted by atomic mass is 14.9. The maximum Gasteiger partial charge on any atom is 0.0317 e. The standard InChI is InChI=1S/C15H21N3/c1-15(2,14-7-4-8-18-14)11-17-10-12-5-3-6-13(16)9-12/h3-9,17-18H,10-11,16H2,1-2H3. The van der Waals surface area contributed by atoms with Crippen molar-refractivity contribution >= 4 is 5.69 Å². The lowest BCUT2D eigenvalue weighted by Crippen LogP contribution is -2.32. The van der Waals surface area contributed by atoms with Gasteiger partial charge in [0.05, 0.1) is 0 Å². The summed E-state index contributed by atoms with van der Waals surface area (Å²) in [6, 6.07) is 12.2. The molecule has 0 bridgehead atoms. The van der Waals surface area contributed by atoms with E-state index in [1.165, 1.54) is 11.3 Å². The molecule has 0 unspecified atom stereocenters. The van der Waals surface area contributed by atoms with Gasteiger partial charge in [0, 0.05) is 36.1 Å². The van der Waals surface area contributed by atoms with E-state index >= 15 is 0 Å².